The number of esters is 1. The van der Waals surface area contributed by atoms with E-state index in [-0.39, 0.29) is 11.9 Å². The van der Waals surface area contributed by atoms with Crippen molar-refractivity contribution in [1.29, 1.82) is 0 Å². The van der Waals surface area contributed by atoms with Gasteiger partial charge in [0, 0.05) is 23.9 Å². The van der Waals surface area contributed by atoms with Crippen LogP contribution in [0.2, 0.25) is 0 Å². The highest BCUT2D eigenvalue weighted by Gasteiger charge is 2.27. The molecule has 5 nitrogen and oxygen atoms in total. The van der Waals surface area contributed by atoms with Gasteiger partial charge in [-0.05, 0) is 24.8 Å². The summed E-state index contributed by atoms with van der Waals surface area (Å²) in [4.78, 5) is 25.1. The van der Waals surface area contributed by atoms with E-state index in [1.54, 1.807) is 0 Å². The fourth-order valence-corrected chi connectivity index (χ4v) is 3.77. The number of anilines is 1. The third-order valence-corrected chi connectivity index (χ3v) is 4.68. The molecule has 1 aromatic heterocycles. The zero-order valence-electron chi connectivity index (χ0n) is 12.7. The van der Waals surface area contributed by atoms with Crippen molar-refractivity contribution in [2.45, 2.75) is 45.6 Å². The minimum atomic E-state index is -0.356. The van der Waals surface area contributed by atoms with Gasteiger partial charge >= 0.3 is 5.97 Å². The molecule has 1 heterocycles. The molecule has 1 aromatic rings. The average Bonchev–Trinajstić information content (AvgIpc) is 2.97. The average molecular weight is 310 g/mol. The van der Waals surface area contributed by atoms with Crippen LogP contribution in [0.4, 0.5) is 5.00 Å². The number of ether oxygens (including phenoxy) is 1. The first kappa shape index (κ1) is 16.0. The summed E-state index contributed by atoms with van der Waals surface area (Å²) in [5, 5.41) is 6.71. The van der Waals surface area contributed by atoms with E-state index in [0.29, 0.717) is 29.6 Å². The molecule has 1 aliphatic rings. The van der Waals surface area contributed by atoms with Gasteiger partial charge in [0.1, 0.15) is 5.00 Å². The maximum atomic E-state index is 12.0. The van der Waals surface area contributed by atoms with E-state index in [0.717, 1.165) is 24.8 Å². The van der Waals surface area contributed by atoms with Crippen molar-refractivity contribution in [3.8, 4) is 0 Å². The molecule has 2 N–H and O–H groups in total. The van der Waals surface area contributed by atoms with Crippen molar-refractivity contribution in [3.63, 3.8) is 0 Å². The lowest BCUT2D eigenvalue weighted by atomic mass is 10.1. The second-order valence-electron chi connectivity index (χ2n) is 5.46. The Bertz CT molecular complexity index is 537. The van der Waals surface area contributed by atoms with Gasteiger partial charge in [-0.1, -0.05) is 13.8 Å². The van der Waals surface area contributed by atoms with Crippen molar-refractivity contribution < 1.29 is 14.3 Å². The van der Waals surface area contributed by atoms with Gasteiger partial charge in [-0.15, -0.1) is 11.3 Å². The van der Waals surface area contributed by atoms with Crippen molar-refractivity contribution in [2.24, 2.45) is 0 Å². The summed E-state index contributed by atoms with van der Waals surface area (Å²) >= 11 is 1.51. The van der Waals surface area contributed by atoms with Crippen LogP contribution in [0, 0.1) is 0 Å². The molecule has 0 spiro atoms. The lowest BCUT2D eigenvalue weighted by Crippen LogP contribution is -2.27. The molecule has 0 saturated carbocycles. The summed E-state index contributed by atoms with van der Waals surface area (Å²) in [6, 6.07) is 0.356. The van der Waals surface area contributed by atoms with E-state index in [1.807, 2.05) is 13.8 Å². The molecule has 6 heteroatoms. The van der Waals surface area contributed by atoms with Crippen LogP contribution < -0.4 is 10.6 Å². The zero-order valence-corrected chi connectivity index (χ0v) is 13.6. The molecule has 0 radical (unpaired) electrons. The van der Waals surface area contributed by atoms with Gasteiger partial charge in [0.15, 0.2) is 0 Å². The van der Waals surface area contributed by atoms with Crippen LogP contribution in [-0.4, -0.2) is 31.6 Å². The minimum absolute atomic E-state index is 0.0757. The maximum Gasteiger partial charge on any atom is 0.341 e. The van der Waals surface area contributed by atoms with Crippen LogP contribution in [0.15, 0.2) is 0 Å². The summed E-state index contributed by atoms with van der Waals surface area (Å²) in [7, 11) is 1.37. The number of amides is 1. The first-order valence-electron chi connectivity index (χ1n) is 7.29. The number of fused-ring (bicyclic) bond motifs is 1. The molecular weight excluding hydrogens is 288 g/mol. The lowest BCUT2D eigenvalue weighted by molar-refractivity contribution is -0.116. The topological polar surface area (TPSA) is 67.4 Å². The Balaban J connectivity index is 2.06. The Labute approximate surface area is 129 Å². The van der Waals surface area contributed by atoms with Gasteiger partial charge in [0.25, 0.3) is 0 Å². The Kier molecular flexibility index (Phi) is 5.36. The Morgan fingerprint density at radius 1 is 1.33 bits per heavy atom. The van der Waals surface area contributed by atoms with E-state index in [9.17, 15) is 9.59 Å². The van der Waals surface area contributed by atoms with Gasteiger partial charge in [0.2, 0.25) is 5.91 Å². The zero-order chi connectivity index (χ0) is 15.4. The quantitative estimate of drug-likeness (QED) is 0.792. The minimum Gasteiger partial charge on any atom is -0.465 e. The van der Waals surface area contributed by atoms with E-state index in [2.05, 4.69) is 10.6 Å². The number of carbonyl (C=O) groups excluding carboxylic acids is 2. The second-order valence-corrected chi connectivity index (χ2v) is 6.57. The fourth-order valence-electron chi connectivity index (χ4n) is 2.47. The standard InChI is InChI=1S/C15H22N2O3S/c1-9(2)16-8-7-12(18)17-14-13(15(19)20-3)10-5-4-6-11(10)21-14/h9,16H,4-8H2,1-3H3,(H,17,18). The van der Waals surface area contributed by atoms with Crippen molar-refractivity contribution in [1.82, 2.24) is 5.32 Å². The highest BCUT2D eigenvalue weighted by molar-refractivity contribution is 7.17. The fraction of sp³-hybridized carbons (Fsp3) is 0.600. The first-order valence-corrected chi connectivity index (χ1v) is 8.10. The number of hydrogen-bond acceptors (Lipinski definition) is 5. The summed E-state index contributed by atoms with van der Waals surface area (Å²) < 4.78 is 4.86. The van der Waals surface area contributed by atoms with Crippen molar-refractivity contribution in [3.05, 3.63) is 16.0 Å². The highest BCUT2D eigenvalue weighted by Crippen LogP contribution is 2.39. The van der Waals surface area contributed by atoms with Crippen LogP contribution in [0.5, 0.6) is 0 Å². The number of rotatable bonds is 6. The second kappa shape index (κ2) is 7.04. The smallest absolute Gasteiger partial charge is 0.341 e. The normalized spacial score (nSPS) is 13.3. The summed E-state index contributed by atoms with van der Waals surface area (Å²) in [5.41, 5.74) is 1.61. The summed E-state index contributed by atoms with van der Waals surface area (Å²) in [5.74, 6) is -0.432. The third kappa shape index (κ3) is 3.83. The first-order chi connectivity index (χ1) is 10.0. The molecule has 0 atom stereocenters. The van der Waals surface area contributed by atoms with E-state index in [1.165, 1.54) is 23.3 Å². The van der Waals surface area contributed by atoms with E-state index >= 15 is 0 Å². The van der Waals surface area contributed by atoms with Gasteiger partial charge in [0.05, 0.1) is 12.7 Å². The van der Waals surface area contributed by atoms with Crippen molar-refractivity contribution in [2.75, 3.05) is 19.0 Å². The lowest BCUT2D eigenvalue weighted by Gasteiger charge is -2.09. The van der Waals surface area contributed by atoms with Crippen LogP contribution in [0.25, 0.3) is 0 Å². The third-order valence-electron chi connectivity index (χ3n) is 3.47. The number of methoxy groups -OCH3 is 1. The van der Waals surface area contributed by atoms with Gasteiger partial charge in [-0.2, -0.15) is 0 Å². The molecule has 0 unspecified atom stereocenters. The maximum absolute atomic E-state index is 12.0. The predicted molar refractivity (Wildman–Crippen MR) is 84.1 cm³/mol. The molecular formula is C15H22N2O3S. The molecule has 0 bridgehead atoms. The number of hydrogen-bond donors (Lipinski definition) is 2. The number of nitrogens with one attached hydrogen (secondary N) is 2. The monoisotopic (exact) mass is 310 g/mol. The molecule has 1 amide bonds. The molecule has 0 saturated heterocycles. The Morgan fingerprint density at radius 3 is 2.76 bits per heavy atom. The molecule has 0 aromatic carbocycles. The van der Waals surface area contributed by atoms with Gasteiger partial charge in [-0.25, -0.2) is 4.79 Å². The predicted octanol–water partition coefficient (Wildman–Crippen LogP) is 2.35. The summed E-state index contributed by atoms with van der Waals surface area (Å²) in [6.45, 7) is 4.70. The number of aryl methyl sites for hydroxylation is 1. The van der Waals surface area contributed by atoms with E-state index < -0.39 is 0 Å². The molecule has 0 fully saturated rings. The van der Waals surface area contributed by atoms with Crippen LogP contribution in [-0.2, 0) is 22.4 Å². The highest BCUT2D eigenvalue weighted by atomic mass is 32.1. The molecule has 1 aliphatic carbocycles. The Hall–Kier alpha value is -1.40. The number of carbonyl (C=O) groups is 2. The van der Waals surface area contributed by atoms with Crippen LogP contribution in [0.3, 0.4) is 0 Å². The van der Waals surface area contributed by atoms with Crippen molar-refractivity contribution >= 4 is 28.2 Å². The van der Waals surface area contributed by atoms with Crippen LogP contribution in [0.1, 0.15) is 47.5 Å². The molecule has 116 valence electrons. The molecule has 2 rings (SSSR count). The molecule has 21 heavy (non-hydrogen) atoms. The summed E-state index contributed by atoms with van der Waals surface area (Å²) in [6.07, 6.45) is 3.33. The number of thiophene rings is 1. The SMILES string of the molecule is COC(=O)c1c(NC(=O)CCNC(C)C)sc2c1CCC2. The largest absolute Gasteiger partial charge is 0.465 e. The molecule has 0 aliphatic heterocycles. The van der Waals surface area contributed by atoms with Gasteiger partial charge in [-0.3, -0.25) is 4.79 Å². The van der Waals surface area contributed by atoms with Gasteiger partial charge < -0.3 is 15.4 Å². The van der Waals surface area contributed by atoms with E-state index in [4.69, 9.17) is 4.74 Å². The Morgan fingerprint density at radius 2 is 2.10 bits per heavy atom. The van der Waals surface area contributed by atoms with Crippen LogP contribution >= 0.6 is 11.3 Å².